The Labute approximate surface area is 140 Å². The van der Waals surface area contributed by atoms with Crippen LogP contribution in [0.3, 0.4) is 0 Å². The average molecular weight is 318 g/mol. The monoisotopic (exact) mass is 318 g/mol. The van der Waals surface area contributed by atoms with Gasteiger partial charge in [-0.1, -0.05) is 31.2 Å². The molecule has 2 aromatic carbocycles. The molecule has 24 heavy (non-hydrogen) atoms. The molecule has 1 aromatic heterocycles. The van der Waals surface area contributed by atoms with Crippen molar-refractivity contribution in [1.82, 2.24) is 14.9 Å². The summed E-state index contributed by atoms with van der Waals surface area (Å²) in [5, 5.41) is 3.45. The van der Waals surface area contributed by atoms with Gasteiger partial charge in [0.25, 0.3) is 5.91 Å². The van der Waals surface area contributed by atoms with Crippen molar-refractivity contribution in [3.8, 4) is 0 Å². The van der Waals surface area contributed by atoms with Crippen molar-refractivity contribution in [1.29, 1.82) is 0 Å². The van der Waals surface area contributed by atoms with Crippen LogP contribution in [0, 0.1) is 0 Å². The average Bonchev–Trinajstić information content (AvgIpc) is 2.63. The third-order valence-corrected chi connectivity index (χ3v) is 4.23. The Morgan fingerprint density at radius 1 is 1.08 bits per heavy atom. The second-order valence-electron chi connectivity index (χ2n) is 5.87. The predicted molar refractivity (Wildman–Crippen MR) is 93.7 cm³/mol. The summed E-state index contributed by atoms with van der Waals surface area (Å²) in [6.07, 6.45) is 2.33. The van der Waals surface area contributed by atoms with Crippen LogP contribution in [0.25, 0.3) is 11.0 Å². The molecule has 2 heterocycles. The van der Waals surface area contributed by atoms with Crippen molar-refractivity contribution >= 4 is 22.6 Å². The van der Waals surface area contributed by atoms with Gasteiger partial charge in [0.1, 0.15) is 11.9 Å². The normalized spacial score (nSPS) is 16.8. The van der Waals surface area contributed by atoms with Crippen LogP contribution in [0.1, 0.15) is 35.6 Å². The van der Waals surface area contributed by atoms with E-state index in [9.17, 15) is 4.79 Å². The van der Waals surface area contributed by atoms with Gasteiger partial charge in [0.15, 0.2) is 0 Å². The number of aromatic nitrogens is 2. The van der Waals surface area contributed by atoms with Gasteiger partial charge in [-0.05, 0) is 30.7 Å². The van der Waals surface area contributed by atoms with Crippen LogP contribution in [-0.2, 0) is 0 Å². The van der Waals surface area contributed by atoms with Crippen molar-refractivity contribution in [3.63, 3.8) is 0 Å². The molecule has 0 bridgehead atoms. The zero-order chi connectivity index (χ0) is 16.5. The van der Waals surface area contributed by atoms with Crippen LogP contribution >= 0.6 is 0 Å². The first-order valence-electron chi connectivity index (χ1n) is 8.16. The molecule has 0 unspecified atom stereocenters. The molecule has 0 spiro atoms. The minimum atomic E-state index is -0.301. The molecule has 0 saturated heterocycles. The topological polar surface area (TPSA) is 58.1 Å². The Bertz CT molecular complexity index is 909. The molecule has 0 aliphatic carbocycles. The fourth-order valence-electron chi connectivity index (χ4n) is 3.10. The number of nitrogens with zero attached hydrogens (tertiary/aromatic N) is 3. The third-order valence-electron chi connectivity index (χ3n) is 4.23. The van der Waals surface area contributed by atoms with Crippen LogP contribution in [0.2, 0.25) is 0 Å². The number of rotatable bonds is 3. The van der Waals surface area contributed by atoms with Crippen molar-refractivity contribution in [2.45, 2.75) is 19.5 Å². The number of amides is 1. The van der Waals surface area contributed by atoms with Gasteiger partial charge < -0.3 is 10.2 Å². The number of carbonyl (C=O) groups is 1. The van der Waals surface area contributed by atoms with E-state index < -0.39 is 0 Å². The summed E-state index contributed by atoms with van der Waals surface area (Å²) in [6.45, 7) is 2.73. The number of hydrogen-bond donors (Lipinski definition) is 1. The highest BCUT2D eigenvalue weighted by atomic mass is 16.2. The van der Waals surface area contributed by atoms with E-state index in [1.54, 1.807) is 6.20 Å². The van der Waals surface area contributed by atoms with Crippen LogP contribution < -0.4 is 5.32 Å². The Hall–Kier alpha value is -2.95. The minimum Gasteiger partial charge on any atom is -0.359 e. The maximum atomic E-state index is 12.9. The standard InChI is InChI=1S/C19H18N4O/c1-2-11-23-18(22-14-8-4-3-7-13(14)19(23)24)17-12-20-15-9-5-6-10-16(15)21-17/h3-10,12,18,22H,2,11H2,1H3/t18-/m0/s1. The van der Waals surface area contributed by atoms with Crippen LogP contribution in [0.15, 0.2) is 54.7 Å². The summed E-state index contributed by atoms with van der Waals surface area (Å²) in [5.41, 5.74) is 3.99. The van der Waals surface area contributed by atoms with E-state index in [1.807, 2.05) is 53.4 Å². The van der Waals surface area contributed by atoms with Crippen LogP contribution in [-0.4, -0.2) is 27.3 Å². The second-order valence-corrected chi connectivity index (χ2v) is 5.87. The maximum Gasteiger partial charge on any atom is 0.257 e. The number of fused-ring (bicyclic) bond motifs is 2. The lowest BCUT2D eigenvalue weighted by molar-refractivity contribution is 0.0679. The van der Waals surface area contributed by atoms with E-state index in [1.165, 1.54) is 0 Å². The quantitative estimate of drug-likeness (QED) is 0.801. The van der Waals surface area contributed by atoms with E-state index in [0.717, 1.165) is 28.8 Å². The largest absolute Gasteiger partial charge is 0.359 e. The Morgan fingerprint density at radius 3 is 2.67 bits per heavy atom. The lowest BCUT2D eigenvalue weighted by Gasteiger charge is -2.37. The van der Waals surface area contributed by atoms with Gasteiger partial charge in [-0.3, -0.25) is 9.78 Å². The summed E-state index contributed by atoms with van der Waals surface area (Å²) in [5.74, 6) is 0.0335. The van der Waals surface area contributed by atoms with Crippen molar-refractivity contribution in [2.75, 3.05) is 11.9 Å². The highest BCUT2D eigenvalue weighted by Gasteiger charge is 2.33. The molecule has 1 N–H and O–H groups in total. The molecule has 1 amide bonds. The first kappa shape index (κ1) is 14.6. The number of nitrogens with one attached hydrogen (secondary N) is 1. The molecule has 5 heteroatoms. The SMILES string of the molecule is CCCN1C(=O)c2ccccc2N[C@@H]1c1cnc2ccccc2n1. The smallest absolute Gasteiger partial charge is 0.257 e. The van der Waals surface area contributed by atoms with Gasteiger partial charge >= 0.3 is 0 Å². The maximum absolute atomic E-state index is 12.9. The van der Waals surface area contributed by atoms with Gasteiger partial charge in [-0.15, -0.1) is 0 Å². The third kappa shape index (κ3) is 2.38. The van der Waals surface area contributed by atoms with Gasteiger partial charge in [0.05, 0.1) is 22.8 Å². The first-order valence-corrected chi connectivity index (χ1v) is 8.16. The minimum absolute atomic E-state index is 0.0335. The Morgan fingerprint density at radius 2 is 1.83 bits per heavy atom. The highest BCUT2D eigenvalue weighted by molar-refractivity contribution is 6.01. The lowest BCUT2D eigenvalue weighted by atomic mass is 10.1. The molecule has 0 fully saturated rings. The summed E-state index contributed by atoms with van der Waals surface area (Å²) in [6, 6.07) is 15.4. The Balaban J connectivity index is 1.80. The molecule has 120 valence electrons. The number of benzene rings is 2. The molecular weight excluding hydrogens is 300 g/mol. The van der Waals surface area contributed by atoms with Crippen molar-refractivity contribution < 1.29 is 4.79 Å². The van der Waals surface area contributed by atoms with Crippen molar-refractivity contribution in [3.05, 3.63) is 66.0 Å². The molecule has 1 atom stereocenters. The first-order chi connectivity index (χ1) is 11.8. The number of carbonyl (C=O) groups excluding carboxylic acids is 1. The highest BCUT2D eigenvalue weighted by Crippen LogP contribution is 2.32. The second kappa shape index (κ2) is 5.92. The van der Waals surface area contributed by atoms with E-state index in [0.29, 0.717) is 12.1 Å². The van der Waals surface area contributed by atoms with E-state index in [4.69, 9.17) is 4.98 Å². The van der Waals surface area contributed by atoms with Gasteiger partial charge in [-0.2, -0.15) is 0 Å². The van der Waals surface area contributed by atoms with Crippen LogP contribution in [0.4, 0.5) is 5.69 Å². The molecule has 0 saturated carbocycles. The number of hydrogen-bond acceptors (Lipinski definition) is 4. The van der Waals surface area contributed by atoms with Crippen LogP contribution in [0.5, 0.6) is 0 Å². The molecule has 3 aromatic rings. The molecule has 0 radical (unpaired) electrons. The zero-order valence-electron chi connectivity index (χ0n) is 13.4. The molecule has 1 aliphatic heterocycles. The predicted octanol–water partition coefficient (Wildman–Crippen LogP) is 3.61. The molecular formula is C19H18N4O. The summed E-state index contributed by atoms with van der Waals surface area (Å²) in [4.78, 5) is 23.9. The Kier molecular flexibility index (Phi) is 3.61. The zero-order valence-corrected chi connectivity index (χ0v) is 13.4. The van der Waals surface area contributed by atoms with Gasteiger partial charge in [-0.25, -0.2) is 4.98 Å². The van der Waals surface area contributed by atoms with Gasteiger partial charge in [0, 0.05) is 12.2 Å². The lowest BCUT2D eigenvalue weighted by Crippen LogP contribution is -2.43. The summed E-state index contributed by atoms with van der Waals surface area (Å²) in [7, 11) is 0. The molecule has 5 nitrogen and oxygen atoms in total. The number of anilines is 1. The van der Waals surface area contributed by atoms with E-state index in [2.05, 4.69) is 17.2 Å². The number of para-hydroxylation sites is 3. The van der Waals surface area contributed by atoms with Gasteiger partial charge in [0.2, 0.25) is 0 Å². The molecule has 4 rings (SSSR count). The van der Waals surface area contributed by atoms with E-state index in [-0.39, 0.29) is 12.1 Å². The summed E-state index contributed by atoms with van der Waals surface area (Å²) < 4.78 is 0. The van der Waals surface area contributed by atoms with Crippen molar-refractivity contribution in [2.24, 2.45) is 0 Å². The van der Waals surface area contributed by atoms with E-state index >= 15 is 0 Å². The fourth-order valence-corrected chi connectivity index (χ4v) is 3.10. The fraction of sp³-hybridized carbons (Fsp3) is 0.211. The summed E-state index contributed by atoms with van der Waals surface area (Å²) >= 11 is 0. The molecule has 1 aliphatic rings.